The van der Waals surface area contributed by atoms with Crippen molar-refractivity contribution in [3.63, 3.8) is 0 Å². The molecule has 0 spiro atoms. The van der Waals surface area contributed by atoms with E-state index in [1.807, 2.05) is 12.1 Å². The highest BCUT2D eigenvalue weighted by molar-refractivity contribution is 5.51. The Labute approximate surface area is 169 Å². The summed E-state index contributed by atoms with van der Waals surface area (Å²) in [6.07, 6.45) is 6.37. The van der Waals surface area contributed by atoms with Gasteiger partial charge < -0.3 is 24.6 Å². The maximum Gasteiger partial charge on any atom is 0.231 e. The molecule has 0 bridgehead atoms. The monoisotopic (exact) mass is 398 g/mol. The second kappa shape index (κ2) is 7.68. The number of aliphatic hydroxyl groups excluding tert-OH is 1. The van der Waals surface area contributed by atoms with Crippen LogP contribution in [0.5, 0.6) is 17.2 Å². The number of nitrogens with zero attached hydrogens (tertiary/aromatic N) is 3. The Morgan fingerprint density at radius 2 is 1.97 bits per heavy atom. The summed E-state index contributed by atoms with van der Waals surface area (Å²) in [6.45, 7) is 3.05. The number of hydrogen-bond donors (Lipinski definition) is 2. The average Bonchev–Trinajstić information content (AvgIpc) is 3.34. The highest BCUT2D eigenvalue weighted by atomic mass is 16.7. The molecular formula is C21H26N4O4. The molecule has 0 unspecified atom stereocenters. The largest absolute Gasteiger partial charge is 0.496 e. The number of fused-ring (bicyclic) bond motifs is 2. The van der Waals surface area contributed by atoms with Crippen molar-refractivity contribution in [3.05, 3.63) is 36.3 Å². The molecule has 1 aromatic carbocycles. The summed E-state index contributed by atoms with van der Waals surface area (Å²) in [5.74, 6) is 4.11. The predicted octanol–water partition coefficient (Wildman–Crippen LogP) is 1.90. The summed E-state index contributed by atoms with van der Waals surface area (Å²) in [7, 11) is 1.68. The summed E-state index contributed by atoms with van der Waals surface area (Å²) in [6, 6.07) is 3.94. The van der Waals surface area contributed by atoms with Crippen molar-refractivity contribution in [1.29, 1.82) is 0 Å². The number of rotatable bonds is 5. The number of ether oxygens (including phenoxy) is 3. The highest BCUT2D eigenvalue weighted by Gasteiger charge is 2.42. The molecule has 8 heteroatoms. The smallest absolute Gasteiger partial charge is 0.231 e. The molecule has 154 valence electrons. The Morgan fingerprint density at radius 3 is 2.72 bits per heavy atom. The van der Waals surface area contributed by atoms with Crippen molar-refractivity contribution >= 4 is 5.82 Å². The normalized spacial score (nSPS) is 28.2. The fourth-order valence-electron chi connectivity index (χ4n) is 4.90. The number of aliphatic hydroxyl groups is 1. The van der Waals surface area contributed by atoms with Crippen molar-refractivity contribution < 1.29 is 19.3 Å². The van der Waals surface area contributed by atoms with Crippen LogP contribution in [-0.2, 0) is 6.54 Å². The van der Waals surface area contributed by atoms with E-state index in [1.165, 1.54) is 0 Å². The molecule has 3 aliphatic rings. The zero-order chi connectivity index (χ0) is 19.8. The number of hydrogen-bond acceptors (Lipinski definition) is 8. The topological polar surface area (TPSA) is 89.0 Å². The van der Waals surface area contributed by atoms with E-state index in [4.69, 9.17) is 14.2 Å². The van der Waals surface area contributed by atoms with Crippen LogP contribution in [0, 0.1) is 11.8 Å². The lowest BCUT2D eigenvalue weighted by atomic mass is 9.77. The molecule has 8 nitrogen and oxygen atoms in total. The van der Waals surface area contributed by atoms with E-state index >= 15 is 0 Å². The van der Waals surface area contributed by atoms with Crippen molar-refractivity contribution in [2.24, 2.45) is 11.8 Å². The molecule has 4 atom stereocenters. The zero-order valence-electron chi connectivity index (χ0n) is 16.5. The van der Waals surface area contributed by atoms with E-state index < -0.39 is 0 Å². The molecule has 1 aromatic heterocycles. The molecule has 29 heavy (non-hydrogen) atoms. The Hall–Kier alpha value is -2.58. The Kier molecular flexibility index (Phi) is 4.89. The second-order valence-corrected chi connectivity index (χ2v) is 8.11. The lowest BCUT2D eigenvalue weighted by Gasteiger charge is -2.35. The van der Waals surface area contributed by atoms with Gasteiger partial charge in [0.15, 0.2) is 11.5 Å². The minimum Gasteiger partial charge on any atom is -0.496 e. The molecule has 3 heterocycles. The Morgan fingerprint density at radius 1 is 1.17 bits per heavy atom. The number of methoxy groups -OCH3 is 1. The summed E-state index contributed by atoms with van der Waals surface area (Å²) in [5.41, 5.74) is 1.10. The van der Waals surface area contributed by atoms with E-state index in [-0.39, 0.29) is 18.9 Å². The molecule has 0 amide bonds. The standard InChI is InChI=1S/C21H26N4O4/c1-27-18-7-20-19(28-12-29-20)6-15(18)11-25-9-13-4-16(17(26)5-14(13)10-25)24-21-8-22-2-3-23-21/h2-3,6-8,13-14,16-17,26H,4-5,9-12H2,1H3,(H,23,24)/t13-,14+,16-,17-/m1/s1. The molecule has 2 fully saturated rings. The van der Waals surface area contributed by atoms with Crippen LogP contribution in [0.25, 0.3) is 0 Å². The fraction of sp³-hybridized carbons (Fsp3) is 0.524. The van der Waals surface area contributed by atoms with Gasteiger partial charge in [-0.15, -0.1) is 0 Å². The van der Waals surface area contributed by atoms with Gasteiger partial charge in [0, 0.05) is 43.7 Å². The summed E-state index contributed by atoms with van der Waals surface area (Å²) in [4.78, 5) is 10.8. The molecule has 1 saturated carbocycles. The molecular weight excluding hydrogens is 372 g/mol. The van der Waals surface area contributed by atoms with E-state index in [1.54, 1.807) is 25.7 Å². The van der Waals surface area contributed by atoms with E-state index in [2.05, 4.69) is 20.2 Å². The average molecular weight is 398 g/mol. The maximum absolute atomic E-state index is 10.7. The minimum atomic E-state index is -0.377. The molecule has 2 aromatic rings. The lowest BCUT2D eigenvalue weighted by molar-refractivity contribution is 0.0735. The van der Waals surface area contributed by atoms with Crippen LogP contribution in [-0.4, -0.2) is 59.1 Å². The number of benzene rings is 1. The van der Waals surface area contributed by atoms with Gasteiger partial charge in [-0.3, -0.25) is 9.88 Å². The maximum atomic E-state index is 10.7. The molecule has 1 saturated heterocycles. The summed E-state index contributed by atoms with van der Waals surface area (Å²) >= 11 is 0. The fourth-order valence-corrected chi connectivity index (χ4v) is 4.90. The van der Waals surface area contributed by atoms with Gasteiger partial charge in [0.1, 0.15) is 11.6 Å². The molecule has 1 aliphatic carbocycles. The third kappa shape index (κ3) is 3.70. The number of aromatic nitrogens is 2. The number of likely N-dealkylation sites (tertiary alicyclic amines) is 1. The van der Waals surface area contributed by atoms with Gasteiger partial charge >= 0.3 is 0 Å². The second-order valence-electron chi connectivity index (χ2n) is 8.11. The third-order valence-corrected chi connectivity index (χ3v) is 6.28. The first-order valence-corrected chi connectivity index (χ1v) is 10.1. The SMILES string of the molecule is COc1cc2c(cc1CN1C[C@H]3C[C@@H](Nc4cnccn4)[C@H](O)C[C@H]3C1)OCO2. The van der Waals surface area contributed by atoms with E-state index in [0.717, 1.165) is 61.1 Å². The van der Waals surface area contributed by atoms with Crippen LogP contribution in [0.4, 0.5) is 5.82 Å². The Bertz CT molecular complexity index is 865. The van der Waals surface area contributed by atoms with Gasteiger partial charge in [-0.25, -0.2) is 4.98 Å². The van der Waals surface area contributed by atoms with E-state index in [9.17, 15) is 5.11 Å². The first-order chi connectivity index (χ1) is 14.2. The molecule has 2 aliphatic heterocycles. The minimum absolute atomic E-state index is 0.00739. The molecule has 2 N–H and O–H groups in total. The van der Waals surface area contributed by atoms with Gasteiger partial charge in [0.2, 0.25) is 6.79 Å². The van der Waals surface area contributed by atoms with Crippen LogP contribution in [0.2, 0.25) is 0 Å². The number of nitrogens with one attached hydrogen (secondary N) is 1. The van der Waals surface area contributed by atoms with E-state index in [0.29, 0.717) is 11.8 Å². The van der Waals surface area contributed by atoms with Gasteiger partial charge in [-0.2, -0.15) is 0 Å². The quantitative estimate of drug-likeness (QED) is 0.790. The lowest BCUT2D eigenvalue weighted by Crippen LogP contribution is -2.43. The van der Waals surface area contributed by atoms with Gasteiger partial charge in [-0.1, -0.05) is 0 Å². The first kappa shape index (κ1) is 18.4. The van der Waals surface area contributed by atoms with Gasteiger partial charge in [0.25, 0.3) is 0 Å². The first-order valence-electron chi connectivity index (χ1n) is 10.1. The van der Waals surface area contributed by atoms with Gasteiger partial charge in [0.05, 0.1) is 25.5 Å². The Balaban J connectivity index is 1.26. The van der Waals surface area contributed by atoms with Gasteiger partial charge in [-0.05, 0) is 30.7 Å². The predicted molar refractivity (Wildman–Crippen MR) is 106 cm³/mol. The molecule has 5 rings (SSSR count). The van der Waals surface area contributed by atoms with Crippen LogP contribution >= 0.6 is 0 Å². The van der Waals surface area contributed by atoms with Crippen molar-refractivity contribution in [3.8, 4) is 17.2 Å². The van der Waals surface area contributed by atoms with Crippen molar-refractivity contribution in [1.82, 2.24) is 14.9 Å². The highest BCUT2D eigenvalue weighted by Crippen LogP contribution is 2.41. The van der Waals surface area contributed by atoms with Crippen LogP contribution in [0.3, 0.4) is 0 Å². The molecule has 0 radical (unpaired) electrons. The number of anilines is 1. The van der Waals surface area contributed by atoms with Crippen molar-refractivity contribution in [2.75, 3.05) is 32.3 Å². The van der Waals surface area contributed by atoms with Crippen molar-refractivity contribution in [2.45, 2.75) is 31.5 Å². The van der Waals surface area contributed by atoms with Crippen LogP contribution in [0.15, 0.2) is 30.7 Å². The zero-order valence-corrected chi connectivity index (χ0v) is 16.5. The third-order valence-electron chi connectivity index (χ3n) is 6.28. The van der Waals surface area contributed by atoms with Crippen LogP contribution < -0.4 is 19.5 Å². The summed E-state index contributed by atoms with van der Waals surface area (Å²) in [5, 5.41) is 14.0. The van der Waals surface area contributed by atoms with Crippen LogP contribution in [0.1, 0.15) is 18.4 Å². The summed E-state index contributed by atoms with van der Waals surface area (Å²) < 4.78 is 16.6.